The Morgan fingerprint density at radius 1 is 1.00 bits per heavy atom. The van der Waals surface area contributed by atoms with Gasteiger partial charge < -0.3 is 5.11 Å². The smallest absolute Gasteiger partial charge is 0.129 e. The molecule has 0 fully saturated rings. The molecule has 0 saturated heterocycles. The van der Waals surface area contributed by atoms with E-state index in [1.54, 1.807) is 26.0 Å². The highest BCUT2D eigenvalue weighted by atomic mass is 19.1. The van der Waals surface area contributed by atoms with Crippen molar-refractivity contribution in [3.05, 3.63) is 70.3 Å². The Labute approximate surface area is 105 Å². The molecular weight excluding hydrogens is 234 g/mol. The lowest BCUT2D eigenvalue weighted by Crippen LogP contribution is -2.07. The van der Waals surface area contributed by atoms with Gasteiger partial charge in [-0.25, -0.2) is 8.78 Å². The quantitative estimate of drug-likeness (QED) is 0.859. The Hall–Kier alpha value is -1.74. The lowest BCUT2D eigenvalue weighted by atomic mass is 9.95. The summed E-state index contributed by atoms with van der Waals surface area (Å²) in [5.74, 6) is -1.05. The first-order chi connectivity index (χ1) is 8.50. The van der Waals surface area contributed by atoms with Crippen LogP contribution < -0.4 is 0 Å². The molecule has 1 unspecified atom stereocenters. The molecule has 0 aliphatic rings. The fourth-order valence-electron chi connectivity index (χ4n) is 2.13. The second-order valence-corrected chi connectivity index (χ2v) is 4.40. The van der Waals surface area contributed by atoms with Gasteiger partial charge >= 0.3 is 0 Å². The highest BCUT2D eigenvalue weighted by Crippen LogP contribution is 2.29. The molecule has 0 aliphatic heterocycles. The summed E-state index contributed by atoms with van der Waals surface area (Å²) < 4.78 is 27.5. The summed E-state index contributed by atoms with van der Waals surface area (Å²) in [6.07, 6.45) is -1.29. The van der Waals surface area contributed by atoms with Gasteiger partial charge in [0.25, 0.3) is 0 Å². The number of benzene rings is 2. The van der Waals surface area contributed by atoms with Crippen LogP contribution in [0.5, 0.6) is 0 Å². The third-order valence-corrected chi connectivity index (χ3v) is 2.95. The standard InChI is InChI=1S/C15H14F2O/c1-9-7-10(2)14(13(17)8-9)15(18)11-5-3-4-6-12(11)16/h3-8,15,18H,1-2H3. The number of hydrogen-bond donors (Lipinski definition) is 1. The number of halogens is 2. The average Bonchev–Trinajstić information content (AvgIpc) is 2.27. The zero-order chi connectivity index (χ0) is 13.3. The predicted molar refractivity (Wildman–Crippen MR) is 66.3 cm³/mol. The lowest BCUT2D eigenvalue weighted by Gasteiger charge is -2.16. The van der Waals surface area contributed by atoms with Crippen molar-refractivity contribution in [2.75, 3.05) is 0 Å². The van der Waals surface area contributed by atoms with Crippen LogP contribution in [0.2, 0.25) is 0 Å². The summed E-state index contributed by atoms with van der Waals surface area (Å²) in [5, 5.41) is 10.1. The molecule has 0 aromatic heterocycles. The first kappa shape index (κ1) is 12.7. The first-order valence-corrected chi connectivity index (χ1v) is 5.70. The van der Waals surface area contributed by atoms with Gasteiger partial charge in [0.1, 0.15) is 17.7 Å². The minimum Gasteiger partial charge on any atom is -0.383 e. The third kappa shape index (κ3) is 2.27. The van der Waals surface area contributed by atoms with Crippen molar-refractivity contribution < 1.29 is 13.9 Å². The van der Waals surface area contributed by atoms with E-state index in [1.165, 1.54) is 24.3 Å². The molecule has 0 aliphatic carbocycles. The highest BCUT2D eigenvalue weighted by Gasteiger charge is 2.20. The molecule has 1 N–H and O–H groups in total. The van der Waals surface area contributed by atoms with Crippen molar-refractivity contribution in [1.82, 2.24) is 0 Å². The zero-order valence-corrected chi connectivity index (χ0v) is 10.2. The monoisotopic (exact) mass is 248 g/mol. The normalized spacial score (nSPS) is 12.5. The molecule has 3 heteroatoms. The van der Waals surface area contributed by atoms with E-state index in [1.807, 2.05) is 0 Å². The Bertz CT molecular complexity index is 555. The summed E-state index contributed by atoms with van der Waals surface area (Å²) in [5.41, 5.74) is 1.60. The Balaban J connectivity index is 2.53. The van der Waals surface area contributed by atoms with Crippen molar-refractivity contribution in [2.45, 2.75) is 20.0 Å². The van der Waals surface area contributed by atoms with Crippen molar-refractivity contribution in [1.29, 1.82) is 0 Å². The van der Waals surface area contributed by atoms with Crippen LogP contribution in [0.15, 0.2) is 36.4 Å². The maximum Gasteiger partial charge on any atom is 0.129 e. The molecule has 2 aromatic rings. The zero-order valence-electron chi connectivity index (χ0n) is 10.2. The first-order valence-electron chi connectivity index (χ1n) is 5.70. The van der Waals surface area contributed by atoms with Gasteiger partial charge in [-0.3, -0.25) is 0 Å². The topological polar surface area (TPSA) is 20.2 Å². The van der Waals surface area contributed by atoms with Crippen molar-refractivity contribution in [3.63, 3.8) is 0 Å². The van der Waals surface area contributed by atoms with E-state index >= 15 is 0 Å². The highest BCUT2D eigenvalue weighted by molar-refractivity contribution is 5.39. The summed E-state index contributed by atoms with van der Waals surface area (Å²) in [7, 11) is 0. The van der Waals surface area contributed by atoms with Gasteiger partial charge in [-0.15, -0.1) is 0 Å². The van der Waals surface area contributed by atoms with Gasteiger partial charge in [0.15, 0.2) is 0 Å². The maximum absolute atomic E-state index is 13.9. The molecule has 0 saturated carbocycles. The van der Waals surface area contributed by atoms with Gasteiger partial charge in [-0.2, -0.15) is 0 Å². The third-order valence-electron chi connectivity index (χ3n) is 2.95. The minimum absolute atomic E-state index is 0.0864. The number of rotatable bonds is 2. The Morgan fingerprint density at radius 3 is 2.28 bits per heavy atom. The Morgan fingerprint density at radius 2 is 1.67 bits per heavy atom. The number of hydrogen-bond acceptors (Lipinski definition) is 1. The van der Waals surface area contributed by atoms with Gasteiger partial charge in [0.2, 0.25) is 0 Å². The summed E-state index contributed by atoms with van der Waals surface area (Å²) in [6.45, 7) is 3.48. The molecule has 0 radical (unpaired) electrons. The van der Waals surface area contributed by atoms with Crippen molar-refractivity contribution >= 4 is 0 Å². The number of aliphatic hydroxyl groups is 1. The van der Waals surface area contributed by atoms with Crippen LogP contribution in [-0.4, -0.2) is 5.11 Å². The van der Waals surface area contributed by atoms with Crippen LogP contribution in [0.4, 0.5) is 8.78 Å². The van der Waals surface area contributed by atoms with Crippen LogP contribution in [-0.2, 0) is 0 Å². The van der Waals surface area contributed by atoms with E-state index in [0.29, 0.717) is 5.56 Å². The molecule has 18 heavy (non-hydrogen) atoms. The van der Waals surface area contributed by atoms with E-state index in [-0.39, 0.29) is 11.1 Å². The van der Waals surface area contributed by atoms with E-state index < -0.39 is 17.7 Å². The molecule has 0 spiro atoms. The fraction of sp³-hybridized carbons (Fsp3) is 0.200. The van der Waals surface area contributed by atoms with Crippen LogP contribution in [0.25, 0.3) is 0 Å². The van der Waals surface area contributed by atoms with E-state index in [9.17, 15) is 13.9 Å². The summed E-state index contributed by atoms with van der Waals surface area (Å²) in [4.78, 5) is 0. The largest absolute Gasteiger partial charge is 0.383 e. The van der Waals surface area contributed by atoms with Gasteiger partial charge in [0.05, 0.1) is 0 Å². The van der Waals surface area contributed by atoms with Gasteiger partial charge in [0, 0.05) is 11.1 Å². The molecule has 0 bridgehead atoms. The fourth-order valence-corrected chi connectivity index (χ4v) is 2.13. The van der Waals surface area contributed by atoms with Crippen LogP contribution in [0.3, 0.4) is 0 Å². The number of aryl methyl sites for hydroxylation is 2. The van der Waals surface area contributed by atoms with Crippen molar-refractivity contribution in [2.24, 2.45) is 0 Å². The van der Waals surface area contributed by atoms with Crippen molar-refractivity contribution in [3.8, 4) is 0 Å². The average molecular weight is 248 g/mol. The van der Waals surface area contributed by atoms with Gasteiger partial charge in [-0.1, -0.05) is 24.3 Å². The number of aliphatic hydroxyl groups excluding tert-OH is 1. The molecule has 2 rings (SSSR count). The lowest BCUT2D eigenvalue weighted by molar-refractivity contribution is 0.209. The molecule has 94 valence electrons. The Kier molecular flexibility index (Phi) is 3.43. The molecular formula is C15H14F2O. The maximum atomic E-state index is 13.9. The SMILES string of the molecule is Cc1cc(C)c(C(O)c2ccccc2F)c(F)c1. The van der Waals surface area contributed by atoms with E-state index in [2.05, 4.69) is 0 Å². The molecule has 0 heterocycles. The second-order valence-electron chi connectivity index (χ2n) is 4.40. The molecule has 0 amide bonds. The van der Waals surface area contributed by atoms with E-state index in [0.717, 1.165) is 5.56 Å². The van der Waals surface area contributed by atoms with Gasteiger partial charge in [-0.05, 0) is 37.1 Å². The predicted octanol–water partition coefficient (Wildman–Crippen LogP) is 3.66. The van der Waals surface area contributed by atoms with Crippen LogP contribution in [0, 0.1) is 25.5 Å². The molecule has 1 atom stereocenters. The summed E-state index contributed by atoms with van der Waals surface area (Å²) >= 11 is 0. The molecule has 2 aromatic carbocycles. The summed E-state index contributed by atoms with van der Waals surface area (Å²) in [6, 6.07) is 8.96. The minimum atomic E-state index is -1.29. The second kappa shape index (κ2) is 4.86. The molecule has 1 nitrogen and oxygen atoms in total. The van der Waals surface area contributed by atoms with Crippen LogP contribution in [0.1, 0.15) is 28.4 Å². The van der Waals surface area contributed by atoms with Crippen LogP contribution >= 0.6 is 0 Å². The van der Waals surface area contributed by atoms with E-state index in [4.69, 9.17) is 0 Å².